The lowest BCUT2D eigenvalue weighted by Crippen LogP contribution is -2.65. The van der Waals surface area contributed by atoms with Crippen LogP contribution in [0.5, 0.6) is 0 Å². The van der Waals surface area contributed by atoms with E-state index in [4.69, 9.17) is 0 Å². The Morgan fingerprint density at radius 3 is 1.43 bits per heavy atom. The smallest absolute Gasteiger partial charge is 0.460 e. The fourth-order valence-electron chi connectivity index (χ4n) is 0.768. The zero-order chi connectivity index (χ0) is 17.5. The molecule has 0 radical (unpaired) electrons. The second-order valence-electron chi connectivity index (χ2n) is 3.29. The van der Waals surface area contributed by atoms with Gasteiger partial charge in [-0.3, -0.25) is 0 Å². The normalized spacial score (nSPS) is 15.0. The minimum Gasteiger partial charge on any atom is -0.482 e. The van der Waals surface area contributed by atoms with E-state index in [-0.39, 0.29) is 0 Å². The average molecular weight is 376 g/mol. The van der Waals surface area contributed by atoms with Gasteiger partial charge in [-0.2, -0.15) is 48.3 Å². The van der Waals surface area contributed by atoms with E-state index in [0.717, 1.165) is 0 Å². The number of halogens is 11. The van der Waals surface area contributed by atoms with Crippen LogP contribution in [0.3, 0.4) is 0 Å². The Hall–Kier alpha value is -0.530. The molecule has 0 aliphatic carbocycles. The van der Waals surface area contributed by atoms with Gasteiger partial charge in [0.05, 0.1) is 7.11 Å². The van der Waals surface area contributed by atoms with Crippen LogP contribution in [0.15, 0.2) is 0 Å². The number of alkyl halides is 11. The molecule has 21 heavy (non-hydrogen) atoms. The van der Waals surface area contributed by atoms with Crippen molar-refractivity contribution in [2.45, 2.75) is 29.2 Å². The van der Waals surface area contributed by atoms with Crippen molar-refractivity contribution in [1.29, 1.82) is 0 Å². The molecule has 1 nitrogen and oxygen atoms in total. The van der Waals surface area contributed by atoms with Crippen LogP contribution < -0.4 is 0 Å². The van der Waals surface area contributed by atoms with Crippen molar-refractivity contribution in [3.8, 4) is 0 Å². The van der Waals surface area contributed by atoms with Crippen molar-refractivity contribution >= 4 is 28.4 Å². The molecule has 0 heterocycles. The Morgan fingerprint density at radius 1 is 0.762 bits per heavy atom. The summed E-state index contributed by atoms with van der Waals surface area (Å²) in [6.07, 6.45) is -7.18. The summed E-state index contributed by atoms with van der Waals surface area (Å²) in [5, 5.41) is -6.09. The third-order valence-electron chi connectivity index (χ3n) is 1.89. The van der Waals surface area contributed by atoms with Gasteiger partial charge >= 0.3 is 29.2 Å². The predicted molar refractivity (Wildman–Crippen MR) is 53.0 cm³/mol. The van der Waals surface area contributed by atoms with Gasteiger partial charge in [0.15, 0.2) is 0 Å². The fourth-order valence-corrected chi connectivity index (χ4v) is 1.63. The van der Waals surface area contributed by atoms with Crippen LogP contribution in [0.4, 0.5) is 48.3 Å². The van der Waals surface area contributed by atoms with Gasteiger partial charge in [-0.25, -0.2) is 0 Å². The Morgan fingerprint density at radius 2 is 1.14 bits per heavy atom. The summed E-state index contributed by atoms with van der Waals surface area (Å²) >= 11 is 2.24. The van der Waals surface area contributed by atoms with Crippen molar-refractivity contribution < 1.29 is 53.0 Å². The molecule has 14 heteroatoms. The Bertz CT molecular complexity index is 402. The van der Waals surface area contributed by atoms with Gasteiger partial charge in [-0.05, 0) is 12.2 Å². The lowest BCUT2D eigenvalue weighted by atomic mass is 10.0. The van der Waals surface area contributed by atoms with Crippen LogP contribution in [0.25, 0.3) is 0 Å². The van der Waals surface area contributed by atoms with Crippen LogP contribution in [0.1, 0.15) is 0 Å². The van der Waals surface area contributed by atoms with Crippen molar-refractivity contribution in [2.24, 2.45) is 0 Å². The number of rotatable bonds is 4. The molecule has 0 rings (SSSR count). The van der Waals surface area contributed by atoms with Gasteiger partial charge in [0.1, 0.15) is 0 Å². The van der Waals surface area contributed by atoms with E-state index in [1.807, 2.05) is 0 Å². The summed E-state index contributed by atoms with van der Waals surface area (Å²) in [6.45, 7) is 0. The quantitative estimate of drug-likeness (QED) is 0.520. The predicted octanol–water partition coefficient (Wildman–Crippen LogP) is 4.71. The maximum Gasteiger partial charge on any atom is 0.460 e. The molecular weight excluding hydrogens is 373 g/mol. The molecule has 0 bridgehead atoms. The second-order valence-corrected chi connectivity index (χ2v) is 5.01. The van der Waals surface area contributed by atoms with Crippen LogP contribution >= 0.6 is 24.0 Å². The van der Waals surface area contributed by atoms with Crippen LogP contribution in [-0.4, -0.2) is 40.7 Å². The molecule has 0 atom stereocenters. The number of methoxy groups -OCH3 is 1. The molecule has 0 N–H and O–H groups in total. The standard InChI is InChI=1S/C7H3F11OS2/c1-19-2(20)21-7(17,18)5(12,13)3(8,9)4(10,11)6(14,15)16/h1H3. The Balaban J connectivity index is 5.82. The molecule has 0 amide bonds. The van der Waals surface area contributed by atoms with Crippen LogP contribution in [0.2, 0.25) is 0 Å². The molecule has 0 aromatic carbocycles. The number of hydrogen-bond donors (Lipinski definition) is 0. The van der Waals surface area contributed by atoms with Crippen molar-refractivity contribution in [2.75, 3.05) is 7.11 Å². The second kappa shape index (κ2) is 5.59. The van der Waals surface area contributed by atoms with Crippen molar-refractivity contribution in [1.82, 2.24) is 0 Å². The third kappa shape index (κ3) is 3.29. The number of ether oxygens (including phenoxy) is 1. The Labute approximate surface area is 118 Å². The first kappa shape index (κ1) is 20.5. The number of thiocarbonyl (C=S) groups is 1. The maximum atomic E-state index is 12.9. The zero-order valence-electron chi connectivity index (χ0n) is 9.38. The third-order valence-corrected chi connectivity index (χ3v) is 3.15. The van der Waals surface area contributed by atoms with E-state index >= 15 is 0 Å². The molecule has 0 saturated heterocycles. The molecule has 0 aliphatic heterocycles. The highest BCUT2D eigenvalue weighted by molar-refractivity contribution is 8.23. The van der Waals surface area contributed by atoms with E-state index < -0.39 is 45.3 Å². The molecule has 0 fully saturated rings. The van der Waals surface area contributed by atoms with Gasteiger partial charge in [-0.1, -0.05) is 0 Å². The zero-order valence-corrected chi connectivity index (χ0v) is 11.0. The molecule has 0 saturated carbocycles. The van der Waals surface area contributed by atoms with Gasteiger partial charge in [0, 0.05) is 11.8 Å². The number of thioether (sulfide) groups is 1. The molecule has 0 spiro atoms. The highest BCUT2D eigenvalue weighted by Crippen LogP contribution is 2.59. The largest absolute Gasteiger partial charge is 0.482 e. The highest BCUT2D eigenvalue weighted by atomic mass is 32.2. The summed E-state index contributed by atoms with van der Waals surface area (Å²) in [4.78, 5) is 0. The molecule has 126 valence electrons. The summed E-state index contributed by atoms with van der Waals surface area (Å²) in [5.74, 6) is -21.9. The molecule has 0 aliphatic rings. The van der Waals surface area contributed by atoms with Crippen molar-refractivity contribution in [3.05, 3.63) is 0 Å². The monoisotopic (exact) mass is 376 g/mol. The summed E-state index contributed by atoms with van der Waals surface area (Å²) < 4.78 is 139. The van der Waals surface area contributed by atoms with Gasteiger partial charge in [0.2, 0.25) is 4.38 Å². The lowest BCUT2D eigenvalue weighted by Gasteiger charge is -2.36. The first-order chi connectivity index (χ1) is 8.95. The SMILES string of the molecule is COC(=S)SC(F)(F)C(F)(F)C(F)(F)C(F)(F)C(F)(F)F. The summed E-state index contributed by atoms with van der Waals surface area (Å²) in [6, 6.07) is 0. The van der Waals surface area contributed by atoms with E-state index in [1.54, 1.807) is 0 Å². The topological polar surface area (TPSA) is 9.23 Å². The average Bonchev–Trinajstić information content (AvgIpc) is 2.25. The summed E-state index contributed by atoms with van der Waals surface area (Å²) in [7, 11) is 0.562. The van der Waals surface area contributed by atoms with Crippen LogP contribution in [0, 0.1) is 0 Å². The van der Waals surface area contributed by atoms with E-state index in [2.05, 4.69) is 17.0 Å². The van der Waals surface area contributed by atoms with Gasteiger partial charge in [0.25, 0.3) is 0 Å². The molecule has 0 unspecified atom stereocenters. The van der Waals surface area contributed by atoms with Crippen LogP contribution in [-0.2, 0) is 4.74 Å². The molecule has 0 aromatic heterocycles. The lowest BCUT2D eigenvalue weighted by molar-refractivity contribution is -0.412. The maximum absolute atomic E-state index is 12.9. The minimum atomic E-state index is -7.43. The van der Waals surface area contributed by atoms with E-state index in [9.17, 15) is 48.3 Å². The first-order valence-corrected chi connectivity index (χ1v) is 5.53. The minimum absolute atomic E-state index is 0.562. The fraction of sp³-hybridized carbons (Fsp3) is 0.857. The Kier molecular flexibility index (Phi) is 5.45. The van der Waals surface area contributed by atoms with Gasteiger partial charge < -0.3 is 4.74 Å². The van der Waals surface area contributed by atoms with Crippen molar-refractivity contribution in [3.63, 3.8) is 0 Å². The summed E-state index contributed by atoms with van der Waals surface area (Å²) in [5.41, 5.74) is 0. The first-order valence-electron chi connectivity index (χ1n) is 4.30. The number of hydrogen-bond acceptors (Lipinski definition) is 3. The van der Waals surface area contributed by atoms with E-state index in [0.29, 0.717) is 7.11 Å². The molecular formula is C7H3F11OS2. The highest BCUT2D eigenvalue weighted by Gasteiger charge is 2.87. The van der Waals surface area contributed by atoms with E-state index in [1.165, 1.54) is 0 Å². The van der Waals surface area contributed by atoms with Gasteiger partial charge in [-0.15, -0.1) is 0 Å². The molecule has 0 aromatic rings.